The third-order valence-corrected chi connectivity index (χ3v) is 4.14. The van der Waals surface area contributed by atoms with E-state index in [-0.39, 0.29) is 0 Å². The molecule has 2 fully saturated rings. The average molecular weight is 325 g/mol. The van der Waals surface area contributed by atoms with Gasteiger partial charge in [0.15, 0.2) is 5.60 Å². The summed E-state index contributed by atoms with van der Waals surface area (Å²) < 4.78 is 10.1. The van der Waals surface area contributed by atoms with Gasteiger partial charge in [-0.2, -0.15) is 0 Å². The summed E-state index contributed by atoms with van der Waals surface area (Å²) in [6, 6.07) is 0. The van der Waals surface area contributed by atoms with Crippen LogP contribution in [0.1, 0.15) is 0 Å². The van der Waals surface area contributed by atoms with Crippen molar-refractivity contribution in [1.29, 1.82) is 0 Å². The van der Waals surface area contributed by atoms with Gasteiger partial charge in [0.05, 0.1) is 13.2 Å². The van der Waals surface area contributed by atoms with Crippen LogP contribution in [-0.2, 0) is 9.47 Å². The van der Waals surface area contributed by atoms with E-state index in [1.54, 1.807) is 0 Å². The molecule has 129 valence electrons. The van der Waals surface area contributed by atoms with E-state index in [1.165, 1.54) is 0 Å². The minimum absolute atomic E-state index is 0.626. The van der Waals surface area contributed by atoms with Gasteiger partial charge < -0.3 is 50.3 Å². The Morgan fingerprint density at radius 1 is 0.818 bits per heavy atom. The number of hydrogen-bond donors (Lipinski definition) is 8. The highest BCUT2D eigenvalue weighted by molar-refractivity contribution is 5.12. The van der Waals surface area contributed by atoms with E-state index in [0.29, 0.717) is 6.61 Å². The van der Waals surface area contributed by atoms with E-state index < -0.39 is 67.6 Å². The number of rotatable bonds is 3. The molecule has 0 unspecified atom stereocenters. The standard InChI is InChI=1S/C12H21O10/c13-1-4-7(16)10(19)12(20,3-21-4)11-9(18)8(17)6(15)5(2-14)22-11/h3-11,13-20H,1-2H2/t4-,5-,6-,7-,8+,9+,10+,11+,12-/m1/s1. The van der Waals surface area contributed by atoms with Crippen LogP contribution in [0.15, 0.2) is 0 Å². The molecule has 22 heavy (non-hydrogen) atoms. The Morgan fingerprint density at radius 2 is 1.41 bits per heavy atom. The van der Waals surface area contributed by atoms with Crippen molar-refractivity contribution < 1.29 is 50.3 Å². The normalized spacial score (nSPS) is 53.5. The lowest BCUT2D eigenvalue weighted by Crippen LogP contribution is -2.72. The molecule has 2 aliphatic heterocycles. The van der Waals surface area contributed by atoms with E-state index in [4.69, 9.17) is 19.7 Å². The maximum absolute atomic E-state index is 10.5. The number of ether oxygens (including phenoxy) is 2. The van der Waals surface area contributed by atoms with Crippen molar-refractivity contribution in [2.24, 2.45) is 0 Å². The first-order chi connectivity index (χ1) is 10.3. The van der Waals surface area contributed by atoms with Crippen molar-refractivity contribution in [3.05, 3.63) is 6.61 Å². The zero-order valence-electron chi connectivity index (χ0n) is 11.5. The third-order valence-electron chi connectivity index (χ3n) is 4.14. The quantitative estimate of drug-likeness (QED) is 0.250. The Balaban J connectivity index is 2.24. The van der Waals surface area contributed by atoms with Crippen molar-refractivity contribution in [2.45, 2.75) is 54.4 Å². The second kappa shape index (κ2) is 6.61. The molecule has 1 radical (unpaired) electrons. The Bertz CT molecular complexity index is 379. The number of aliphatic hydroxyl groups excluding tert-OH is 7. The first-order valence-electron chi connectivity index (χ1n) is 6.77. The number of aliphatic hydroxyl groups is 8. The topological polar surface area (TPSA) is 180 Å². The molecule has 8 N–H and O–H groups in total. The van der Waals surface area contributed by atoms with Crippen LogP contribution in [0, 0.1) is 6.61 Å². The summed E-state index contributed by atoms with van der Waals surface area (Å²) in [7, 11) is 0. The summed E-state index contributed by atoms with van der Waals surface area (Å²) in [4.78, 5) is 0. The van der Waals surface area contributed by atoms with E-state index in [1.807, 2.05) is 0 Å². The van der Waals surface area contributed by atoms with Crippen LogP contribution in [-0.4, -0.2) is 108 Å². The lowest BCUT2D eigenvalue weighted by atomic mass is 9.78. The van der Waals surface area contributed by atoms with Crippen LogP contribution in [0.25, 0.3) is 0 Å². The minimum Gasteiger partial charge on any atom is -0.394 e. The van der Waals surface area contributed by atoms with Gasteiger partial charge in [0.25, 0.3) is 0 Å². The van der Waals surface area contributed by atoms with Gasteiger partial charge in [-0.05, 0) is 0 Å². The molecule has 10 heteroatoms. The second-order valence-corrected chi connectivity index (χ2v) is 5.55. The zero-order chi connectivity index (χ0) is 16.7. The maximum atomic E-state index is 10.5. The SMILES string of the molecule is OC[C@H]1O[CH][C@](O)([C@H]2O[C@H](CO)[C@@H](O)[C@H](O)[C@@H]2O)[C@@H](O)[C@@H]1O. The highest BCUT2D eigenvalue weighted by Crippen LogP contribution is 2.37. The molecule has 2 aliphatic rings. The average Bonchev–Trinajstić information content (AvgIpc) is 2.51. The summed E-state index contributed by atoms with van der Waals surface area (Å²) in [5, 5.41) is 77.9. The molecule has 0 amide bonds. The van der Waals surface area contributed by atoms with Crippen LogP contribution in [0.2, 0.25) is 0 Å². The summed E-state index contributed by atoms with van der Waals surface area (Å²) in [6.45, 7) is -0.645. The van der Waals surface area contributed by atoms with Crippen molar-refractivity contribution in [1.82, 2.24) is 0 Å². The highest BCUT2D eigenvalue weighted by atomic mass is 16.6. The molecule has 0 aliphatic carbocycles. The molecular weight excluding hydrogens is 304 g/mol. The van der Waals surface area contributed by atoms with Crippen LogP contribution >= 0.6 is 0 Å². The largest absolute Gasteiger partial charge is 0.394 e. The van der Waals surface area contributed by atoms with Crippen molar-refractivity contribution in [3.8, 4) is 0 Å². The van der Waals surface area contributed by atoms with Gasteiger partial charge in [-0.3, -0.25) is 0 Å². The van der Waals surface area contributed by atoms with Crippen molar-refractivity contribution in [2.75, 3.05) is 13.2 Å². The van der Waals surface area contributed by atoms with Crippen LogP contribution < -0.4 is 0 Å². The first-order valence-corrected chi connectivity index (χ1v) is 6.77. The number of hydrogen-bond acceptors (Lipinski definition) is 10. The summed E-state index contributed by atoms with van der Waals surface area (Å²) in [5.41, 5.74) is -2.43. The second-order valence-electron chi connectivity index (χ2n) is 5.55. The van der Waals surface area contributed by atoms with Gasteiger partial charge >= 0.3 is 0 Å². The monoisotopic (exact) mass is 325 g/mol. The minimum atomic E-state index is -2.43. The van der Waals surface area contributed by atoms with Crippen molar-refractivity contribution in [3.63, 3.8) is 0 Å². The van der Waals surface area contributed by atoms with Gasteiger partial charge in [0, 0.05) is 0 Å². The highest BCUT2D eigenvalue weighted by Gasteiger charge is 2.60. The fraction of sp³-hybridized carbons (Fsp3) is 0.917. The molecule has 0 saturated carbocycles. The lowest BCUT2D eigenvalue weighted by Gasteiger charge is -2.51. The predicted molar refractivity (Wildman–Crippen MR) is 67.0 cm³/mol. The molecule has 2 saturated heterocycles. The summed E-state index contributed by atoms with van der Waals surface area (Å²) >= 11 is 0. The zero-order valence-corrected chi connectivity index (χ0v) is 11.5. The van der Waals surface area contributed by atoms with Gasteiger partial charge in [-0.1, -0.05) is 0 Å². The van der Waals surface area contributed by atoms with Gasteiger partial charge in [0.2, 0.25) is 0 Å². The van der Waals surface area contributed by atoms with E-state index >= 15 is 0 Å². The molecular formula is C12H21O10. The Kier molecular flexibility index (Phi) is 5.39. The molecule has 9 atom stereocenters. The van der Waals surface area contributed by atoms with Gasteiger partial charge in [-0.15, -0.1) is 0 Å². The Hall–Kier alpha value is -0.400. The fourth-order valence-electron chi connectivity index (χ4n) is 2.69. The van der Waals surface area contributed by atoms with E-state index in [0.717, 1.165) is 0 Å². The molecule has 0 spiro atoms. The summed E-state index contributed by atoms with van der Waals surface area (Å²) in [6.07, 6.45) is -13.0. The smallest absolute Gasteiger partial charge is 0.150 e. The molecule has 0 aromatic heterocycles. The van der Waals surface area contributed by atoms with Crippen molar-refractivity contribution >= 4 is 0 Å². The van der Waals surface area contributed by atoms with E-state index in [9.17, 15) is 30.6 Å². The molecule has 2 heterocycles. The van der Waals surface area contributed by atoms with E-state index in [2.05, 4.69) is 0 Å². The van der Waals surface area contributed by atoms with Gasteiger partial charge in [-0.25, -0.2) is 0 Å². The summed E-state index contributed by atoms with van der Waals surface area (Å²) in [5.74, 6) is 0. The molecule has 0 bridgehead atoms. The maximum Gasteiger partial charge on any atom is 0.150 e. The molecule has 2 rings (SSSR count). The van der Waals surface area contributed by atoms with Crippen LogP contribution in [0.4, 0.5) is 0 Å². The predicted octanol–water partition coefficient (Wildman–Crippen LogP) is -5.17. The molecule has 10 nitrogen and oxygen atoms in total. The van der Waals surface area contributed by atoms with Crippen LogP contribution in [0.5, 0.6) is 0 Å². The molecule has 0 aromatic carbocycles. The Morgan fingerprint density at radius 3 is 1.95 bits per heavy atom. The third kappa shape index (κ3) is 2.76. The molecule has 0 aromatic rings. The Labute approximate surface area is 125 Å². The lowest BCUT2D eigenvalue weighted by molar-refractivity contribution is -0.308. The first kappa shape index (κ1) is 17.9. The van der Waals surface area contributed by atoms with Gasteiger partial charge in [0.1, 0.15) is 55.4 Å². The van der Waals surface area contributed by atoms with Crippen LogP contribution in [0.3, 0.4) is 0 Å². The fourth-order valence-corrected chi connectivity index (χ4v) is 2.69.